The molecule has 0 unspecified atom stereocenters. The highest BCUT2D eigenvalue weighted by Crippen LogP contribution is 2.47. The van der Waals surface area contributed by atoms with E-state index in [2.05, 4.69) is 53.4 Å². The van der Waals surface area contributed by atoms with E-state index in [9.17, 15) is 0 Å². The second kappa shape index (κ2) is 8.46. The largest absolute Gasteiger partial charge is 0.438 e. The summed E-state index contributed by atoms with van der Waals surface area (Å²) in [4.78, 5) is 7.08. The Labute approximate surface area is 192 Å². The molecule has 4 aromatic rings. The van der Waals surface area contributed by atoms with Gasteiger partial charge in [-0.25, -0.2) is 4.98 Å². The van der Waals surface area contributed by atoms with Gasteiger partial charge < -0.3 is 14.0 Å². The van der Waals surface area contributed by atoms with Gasteiger partial charge in [0.1, 0.15) is 17.6 Å². The number of nitrogens with zero attached hydrogens (tertiary/aromatic N) is 3. The van der Waals surface area contributed by atoms with Gasteiger partial charge in [0.2, 0.25) is 5.88 Å². The number of ether oxygens (including phenoxy) is 2. The molecular weight excluding hydrogens is 412 g/mol. The fraction of sp³-hybridized carbons (Fsp3) is 0.259. The van der Waals surface area contributed by atoms with E-state index >= 15 is 0 Å². The number of benzene rings is 3. The summed E-state index contributed by atoms with van der Waals surface area (Å²) in [5, 5.41) is 11.3. The maximum absolute atomic E-state index is 9.13. The predicted octanol–water partition coefficient (Wildman–Crippen LogP) is 4.13. The fourth-order valence-electron chi connectivity index (χ4n) is 4.94. The zero-order valence-corrected chi connectivity index (χ0v) is 18.4. The van der Waals surface area contributed by atoms with Crippen molar-refractivity contribution in [2.75, 3.05) is 32.8 Å². The summed E-state index contributed by atoms with van der Waals surface area (Å²) < 4.78 is 13.8. The Hall–Kier alpha value is -3.48. The van der Waals surface area contributed by atoms with Crippen molar-refractivity contribution < 1.29 is 9.47 Å². The first-order valence-corrected chi connectivity index (χ1v) is 11.5. The number of morpholine rings is 1. The van der Waals surface area contributed by atoms with Crippen molar-refractivity contribution in [2.24, 2.45) is 0 Å². The number of nitrogens with one attached hydrogen (secondary N) is 1. The van der Waals surface area contributed by atoms with E-state index in [0.29, 0.717) is 17.9 Å². The molecule has 6 heteroatoms. The van der Waals surface area contributed by atoms with Gasteiger partial charge >= 0.3 is 0 Å². The molecule has 1 atom stereocenters. The lowest BCUT2D eigenvalue weighted by Gasteiger charge is -2.30. The highest BCUT2D eigenvalue weighted by molar-refractivity contribution is 5.91. The van der Waals surface area contributed by atoms with E-state index in [1.165, 1.54) is 0 Å². The third-order valence-corrected chi connectivity index (χ3v) is 6.69. The molecule has 3 aromatic carbocycles. The van der Waals surface area contributed by atoms with Crippen LogP contribution in [0.3, 0.4) is 0 Å². The van der Waals surface area contributed by atoms with Crippen LogP contribution in [-0.2, 0) is 11.3 Å². The topological polar surface area (TPSA) is 63.4 Å². The zero-order valence-electron chi connectivity index (χ0n) is 18.4. The molecule has 0 bridgehead atoms. The van der Waals surface area contributed by atoms with Crippen LogP contribution in [0.25, 0.3) is 10.8 Å². The van der Waals surface area contributed by atoms with E-state index in [1.54, 1.807) is 6.33 Å². The number of rotatable bonds is 4. The van der Waals surface area contributed by atoms with Crippen LogP contribution < -0.4 is 10.2 Å². The maximum atomic E-state index is 9.13. The van der Waals surface area contributed by atoms with E-state index < -0.39 is 0 Å². The summed E-state index contributed by atoms with van der Waals surface area (Å²) >= 11 is 0. The minimum absolute atomic E-state index is 0.106. The van der Waals surface area contributed by atoms with Crippen LogP contribution >= 0.6 is 0 Å². The molecule has 0 radical (unpaired) electrons. The van der Waals surface area contributed by atoms with Crippen molar-refractivity contribution in [3.8, 4) is 11.6 Å². The molecule has 1 saturated heterocycles. The molecule has 166 valence electrons. The third kappa shape index (κ3) is 3.61. The minimum atomic E-state index is -0.106. The first-order valence-electron chi connectivity index (χ1n) is 11.5. The molecular formula is C27H26N4O2. The van der Waals surface area contributed by atoms with Crippen molar-refractivity contribution in [1.82, 2.24) is 14.5 Å². The lowest BCUT2D eigenvalue weighted by molar-refractivity contribution is 0.0362. The van der Waals surface area contributed by atoms with Crippen LogP contribution in [0.5, 0.6) is 11.6 Å². The molecule has 0 spiro atoms. The molecule has 2 aliphatic heterocycles. The second-order valence-corrected chi connectivity index (χ2v) is 8.61. The van der Waals surface area contributed by atoms with Gasteiger partial charge in [-0.05, 0) is 10.9 Å². The van der Waals surface area contributed by atoms with Crippen molar-refractivity contribution in [1.29, 1.82) is 5.41 Å². The monoisotopic (exact) mass is 438 g/mol. The fourth-order valence-corrected chi connectivity index (χ4v) is 4.94. The first kappa shape index (κ1) is 20.1. The lowest BCUT2D eigenvalue weighted by Crippen LogP contribution is -2.40. The maximum Gasteiger partial charge on any atom is 0.228 e. The van der Waals surface area contributed by atoms with E-state index in [1.807, 2.05) is 22.8 Å². The zero-order chi connectivity index (χ0) is 22.2. The predicted molar refractivity (Wildman–Crippen MR) is 127 cm³/mol. The number of aromatic nitrogens is 2. The molecule has 33 heavy (non-hydrogen) atoms. The highest BCUT2D eigenvalue weighted by Gasteiger charge is 2.33. The smallest absolute Gasteiger partial charge is 0.228 e. The molecule has 0 saturated carbocycles. The van der Waals surface area contributed by atoms with Gasteiger partial charge in [0.25, 0.3) is 0 Å². The van der Waals surface area contributed by atoms with Gasteiger partial charge in [0, 0.05) is 43.0 Å². The van der Waals surface area contributed by atoms with Gasteiger partial charge in [-0.3, -0.25) is 10.3 Å². The Morgan fingerprint density at radius 2 is 1.70 bits per heavy atom. The summed E-state index contributed by atoms with van der Waals surface area (Å²) in [5.41, 5.74) is 3.50. The summed E-state index contributed by atoms with van der Waals surface area (Å²) in [6, 6.07) is 22.9. The lowest BCUT2D eigenvalue weighted by atomic mass is 9.83. The van der Waals surface area contributed by atoms with Gasteiger partial charge in [-0.2, -0.15) is 0 Å². The molecule has 1 aromatic heterocycles. The van der Waals surface area contributed by atoms with Gasteiger partial charge in [0.05, 0.1) is 18.8 Å². The van der Waals surface area contributed by atoms with Crippen LogP contribution in [0.15, 0.2) is 73.1 Å². The Bertz CT molecular complexity index is 1360. The van der Waals surface area contributed by atoms with Gasteiger partial charge in [-0.15, -0.1) is 0 Å². The Kier molecular flexibility index (Phi) is 5.17. The van der Waals surface area contributed by atoms with E-state index in [0.717, 1.165) is 66.1 Å². The summed E-state index contributed by atoms with van der Waals surface area (Å²) in [5.74, 6) is 1.26. The van der Waals surface area contributed by atoms with E-state index in [4.69, 9.17) is 19.9 Å². The van der Waals surface area contributed by atoms with Crippen LogP contribution in [0.1, 0.15) is 22.6 Å². The minimum Gasteiger partial charge on any atom is -0.438 e. The summed E-state index contributed by atoms with van der Waals surface area (Å²) in [6.45, 7) is 5.00. The summed E-state index contributed by atoms with van der Waals surface area (Å²) in [7, 11) is 0. The normalized spacial score (nSPS) is 17.9. The molecule has 6 nitrogen and oxygen atoms in total. The molecule has 2 aliphatic rings. The van der Waals surface area contributed by atoms with Crippen LogP contribution in [0.4, 0.5) is 0 Å². The van der Waals surface area contributed by atoms with Gasteiger partial charge in [0.15, 0.2) is 0 Å². The number of hydrogen-bond donors (Lipinski definition) is 1. The highest BCUT2D eigenvalue weighted by atomic mass is 16.5. The van der Waals surface area contributed by atoms with Crippen LogP contribution in [0.2, 0.25) is 0 Å². The average Bonchev–Trinajstić information content (AvgIpc) is 2.88. The molecule has 6 rings (SSSR count). The van der Waals surface area contributed by atoms with Gasteiger partial charge in [-0.1, -0.05) is 66.7 Å². The van der Waals surface area contributed by atoms with Crippen molar-refractivity contribution >= 4 is 10.8 Å². The standard InChI is InChI=1S/C27H26N4O2/c28-26-24-23(20-7-2-1-3-8-20)22-11-10-19-6-4-5-9-21(19)25(22)33-27(24)29-18-31(26)13-12-30-14-16-32-17-15-30/h1-11,18,23,28H,12-17H2/t23-/m1/s1. The summed E-state index contributed by atoms with van der Waals surface area (Å²) in [6.07, 6.45) is 1.75. The van der Waals surface area contributed by atoms with E-state index in [-0.39, 0.29) is 5.92 Å². The average molecular weight is 439 g/mol. The van der Waals surface area contributed by atoms with Crippen LogP contribution in [-0.4, -0.2) is 47.3 Å². The van der Waals surface area contributed by atoms with Crippen LogP contribution in [0, 0.1) is 5.41 Å². The second-order valence-electron chi connectivity index (χ2n) is 8.61. The molecule has 1 fully saturated rings. The van der Waals surface area contributed by atoms with Crippen molar-refractivity contribution in [2.45, 2.75) is 12.5 Å². The number of hydrogen-bond acceptors (Lipinski definition) is 5. The quantitative estimate of drug-likeness (QED) is 0.458. The Morgan fingerprint density at radius 3 is 2.55 bits per heavy atom. The first-order chi connectivity index (χ1) is 16.3. The number of fused-ring (bicyclic) bond motifs is 4. The molecule has 3 heterocycles. The Balaban J connectivity index is 1.46. The van der Waals surface area contributed by atoms with Crippen molar-refractivity contribution in [3.63, 3.8) is 0 Å². The Morgan fingerprint density at radius 1 is 0.909 bits per heavy atom. The SMILES string of the molecule is N=c1c2c(ncn1CCN1CCOCC1)Oc1c(ccc3ccccc13)[C@H]2c1ccccc1. The molecule has 0 aliphatic carbocycles. The third-order valence-electron chi connectivity index (χ3n) is 6.69. The molecule has 1 N–H and O–H groups in total. The van der Waals surface area contributed by atoms with Crippen molar-refractivity contribution in [3.05, 3.63) is 95.2 Å². The molecule has 0 amide bonds.